The molecule has 192 valence electrons. The van der Waals surface area contributed by atoms with Crippen LogP contribution in [0, 0.1) is 0 Å². The molecule has 0 aromatic heterocycles. The summed E-state index contributed by atoms with van der Waals surface area (Å²) in [6.45, 7) is 2.49. The minimum Gasteiger partial charge on any atom is -0.456 e. The normalized spacial score (nSPS) is 24.6. The van der Waals surface area contributed by atoms with E-state index in [1.165, 1.54) is 57.8 Å². The van der Waals surface area contributed by atoms with Crippen molar-refractivity contribution in [2.75, 3.05) is 26.4 Å². The lowest BCUT2D eigenvalue weighted by atomic mass is 10.0. The zero-order chi connectivity index (χ0) is 23.8. The van der Waals surface area contributed by atoms with Crippen LogP contribution in [0.15, 0.2) is 12.2 Å². The number of ether oxygens (including phenoxy) is 4. The van der Waals surface area contributed by atoms with Crippen molar-refractivity contribution in [2.24, 2.45) is 0 Å². The molecular weight excluding hydrogens is 424 g/mol. The average Bonchev–Trinajstić information content (AvgIpc) is 3.44. The Bertz CT molecular complexity index is 545. The number of esters is 1. The third-order valence-corrected chi connectivity index (χ3v) is 6.46. The summed E-state index contributed by atoms with van der Waals surface area (Å²) >= 11 is 0. The van der Waals surface area contributed by atoms with E-state index < -0.39 is 30.7 Å². The van der Waals surface area contributed by atoms with Gasteiger partial charge >= 0.3 is 5.97 Å². The van der Waals surface area contributed by atoms with Crippen LogP contribution in [-0.2, 0) is 23.7 Å². The summed E-state index contributed by atoms with van der Waals surface area (Å²) in [7, 11) is 0. The maximum Gasteiger partial charge on any atom is 0.306 e. The van der Waals surface area contributed by atoms with Crippen molar-refractivity contribution in [3.63, 3.8) is 0 Å². The highest BCUT2D eigenvalue weighted by atomic mass is 16.8. The number of hydrogen-bond acceptors (Lipinski definition) is 7. The van der Waals surface area contributed by atoms with Gasteiger partial charge in [0.1, 0.15) is 12.7 Å². The maximum absolute atomic E-state index is 12.3. The van der Waals surface area contributed by atoms with Gasteiger partial charge in [0.05, 0.1) is 19.8 Å². The van der Waals surface area contributed by atoms with Gasteiger partial charge in [-0.05, 0) is 32.1 Å². The molecule has 0 amide bonds. The highest BCUT2D eigenvalue weighted by Crippen LogP contribution is 2.33. The molecule has 3 atom stereocenters. The number of rotatable bonds is 18. The van der Waals surface area contributed by atoms with Crippen molar-refractivity contribution in [2.45, 2.75) is 121 Å². The van der Waals surface area contributed by atoms with E-state index in [9.17, 15) is 15.0 Å². The van der Waals surface area contributed by atoms with Crippen LogP contribution in [0.5, 0.6) is 0 Å². The molecule has 2 N–H and O–H groups in total. The van der Waals surface area contributed by atoms with Gasteiger partial charge in [0, 0.05) is 6.42 Å². The molecule has 7 nitrogen and oxygen atoms in total. The van der Waals surface area contributed by atoms with Crippen molar-refractivity contribution < 1.29 is 34.0 Å². The van der Waals surface area contributed by atoms with E-state index in [0.29, 0.717) is 13.2 Å². The number of unbranched alkanes of at least 4 members (excludes halogenated alkanes) is 11. The summed E-state index contributed by atoms with van der Waals surface area (Å²) in [6, 6.07) is 0. The molecule has 0 unspecified atom stereocenters. The van der Waals surface area contributed by atoms with Gasteiger partial charge < -0.3 is 29.2 Å². The van der Waals surface area contributed by atoms with Gasteiger partial charge in [-0.15, -0.1) is 0 Å². The highest BCUT2D eigenvalue weighted by molar-refractivity contribution is 5.69. The molecular formula is C26H46O7. The van der Waals surface area contributed by atoms with E-state index in [4.69, 9.17) is 18.9 Å². The van der Waals surface area contributed by atoms with Crippen LogP contribution in [0.2, 0.25) is 0 Å². The van der Waals surface area contributed by atoms with Crippen molar-refractivity contribution >= 4 is 5.97 Å². The van der Waals surface area contributed by atoms with E-state index in [-0.39, 0.29) is 19.0 Å². The summed E-state index contributed by atoms with van der Waals surface area (Å²) < 4.78 is 22.1. The standard InChI is InChI=1S/C26H46O7/c1-2-3-4-5-6-7-8-9-10-11-12-13-14-15-16-17-23(29)33-24-22(28)20-30-25(24)26(21-27)31-18-19-32-26/h12-13,22,24-25,27-28H,2-11,14-21H2,1H3/b13-12-/t22-,24+,25-/m0/s1. The fourth-order valence-electron chi connectivity index (χ4n) is 4.48. The first-order valence-electron chi connectivity index (χ1n) is 13.2. The maximum atomic E-state index is 12.3. The quantitative estimate of drug-likeness (QED) is 0.174. The molecule has 0 aromatic carbocycles. The summed E-state index contributed by atoms with van der Waals surface area (Å²) in [5.41, 5.74) is 0. The molecule has 7 heteroatoms. The lowest BCUT2D eigenvalue weighted by Crippen LogP contribution is -2.54. The van der Waals surface area contributed by atoms with Gasteiger partial charge in [-0.1, -0.05) is 70.4 Å². The van der Waals surface area contributed by atoms with Gasteiger partial charge in [0.15, 0.2) is 12.2 Å². The van der Waals surface area contributed by atoms with Crippen LogP contribution in [0.4, 0.5) is 0 Å². The minimum atomic E-state index is -1.37. The second-order valence-electron chi connectivity index (χ2n) is 9.28. The molecule has 33 heavy (non-hydrogen) atoms. The van der Waals surface area contributed by atoms with Crippen molar-refractivity contribution in [3.8, 4) is 0 Å². The van der Waals surface area contributed by atoms with Gasteiger partial charge in [-0.25, -0.2) is 0 Å². The molecule has 2 heterocycles. The van der Waals surface area contributed by atoms with Gasteiger partial charge in [0.25, 0.3) is 0 Å². The molecule has 0 spiro atoms. The monoisotopic (exact) mass is 470 g/mol. The first-order valence-corrected chi connectivity index (χ1v) is 13.2. The van der Waals surface area contributed by atoms with Gasteiger partial charge in [-0.2, -0.15) is 0 Å². The molecule has 0 aromatic rings. The lowest BCUT2D eigenvalue weighted by molar-refractivity contribution is -0.257. The van der Waals surface area contributed by atoms with Crippen LogP contribution >= 0.6 is 0 Å². The Morgan fingerprint density at radius 3 is 2.12 bits per heavy atom. The largest absolute Gasteiger partial charge is 0.456 e. The van der Waals surface area contributed by atoms with Crippen molar-refractivity contribution in [1.29, 1.82) is 0 Å². The zero-order valence-corrected chi connectivity index (χ0v) is 20.6. The topological polar surface area (TPSA) is 94.5 Å². The Morgan fingerprint density at radius 1 is 0.939 bits per heavy atom. The molecule has 2 fully saturated rings. The smallest absolute Gasteiger partial charge is 0.306 e. The summed E-state index contributed by atoms with van der Waals surface area (Å²) in [6.07, 6.45) is 17.9. The number of hydrogen-bond donors (Lipinski definition) is 2. The van der Waals surface area contributed by atoms with Crippen LogP contribution < -0.4 is 0 Å². The molecule has 0 saturated carbocycles. The molecule has 0 bridgehead atoms. The first kappa shape index (κ1) is 28.2. The Labute approximate surface area is 199 Å². The Balaban J connectivity index is 1.50. The van der Waals surface area contributed by atoms with E-state index in [1.54, 1.807) is 0 Å². The fourth-order valence-corrected chi connectivity index (χ4v) is 4.48. The first-order chi connectivity index (χ1) is 16.1. The minimum absolute atomic E-state index is 0.0147. The van der Waals surface area contributed by atoms with E-state index in [1.807, 2.05) is 0 Å². The molecule has 2 rings (SSSR count). The Morgan fingerprint density at radius 2 is 1.52 bits per heavy atom. The van der Waals surface area contributed by atoms with Crippen LogP contribution in [0.1, 0.15) is 96.8 Å². The number of carbonyl (C=O) groups excluding carboxylic acids is 1. The third kappa shape index (κ3) is 10.0. The molecule has 0 aliphatic carbocycles. The van der Waals surface area contributed by atoms with Gasteiger partial charge in [0.2, 0.25) is 5.79 Å². The second kappa shape index (κ2) is 16.6. The lowest BCUT2D eigenvalue weighted by Gasteiger charge is -2.33. The zero-order valence-electron chi connectivity index (χ0n) is 20.6. The average molecular weight is 471 g/mol. The SMILES string of the molecule is CCCCCCCCCCC/C=C\CCCCC(=O)O[C@@H]1[C@@H](O)CO[C@@H]1C1(CO)OCCO1. The summed E-state index contributed by atoms with van der Waals surface area (Å²) in [5.74, 6) is -1.75. The Kier molecular flexibility index (Phi) is 14.2. The van der Waals surface area contributed by atoms with E-state index in [2.05, 4.69) is 19.1 Å². The number of aliphatic hydroxyl groups excluding tert-OH is 2. The van der Waals surface area contributed by atoms with E-state index in [0.717, 1.165) is 25.7 Å². The number of aliphatic hydroxyl groups is 2. The predicted octanol–water partition coefficient (Wildman–Crippen LogP) is 4.43. The fraction of sp³-hybridized carbons (Fsp3) is 0.885. The van der Waals surface area contributed by atoms with E-state index >= 15 is 0 Å². The predicted molar refractivity (Wildman–Crippen MR) is 127 cm³/mol. The summed E-state index contributed by atoms with van der Waals surface area (Å²) in [5, 5.41) is 19.9. The summed E-state index contributed by atoms with van der Waals surface area (Å²) in [4.78, 5) is 12.3. The third-order valence-electron chi connectivity index (χ3n) is 6.46. The molecule has 2 aliphatic rings. The molecule has 2 aliphatic heterocycles. The number of allylic oxidation sites excluding steroid dienone is 2. The Hall–Kier alpha value is -0.990. The molecule has 2 saturated heterocycles. The number of carbonyl (C=O) groups is 1. The second-order valence-corrected chi connectivity index (χ2v) is 9.28. The van der Waals surface area contributed by atoms with Crippen LogP contribution in [0.25, 0.3) is 0 Å². The van der Waals surface area contributed by atoms with Crippen molar-refractivity contribution in [3.05, 3.63) is 12.2 Å². The van der Waals surface area contributed by atoms with Crippen LogP contribution in [-0.4, -0.2) is 66.7 Å². The molecule has 0 radical (unpaired) electrons. The van der Waals surface area contributed by atoms with Gasteiger partial charge in [-0.3, -0.25) is 4.79 Å². The van der Waals surface area contributed by atoms with Crippen molar-refractivity contribution in [1.82, 2.24) is 0 Å². The van der Waals surface area contributed by atoms with Crippen LogP contribution in [0.3, 0.4) is 0 Å². The highest BCUT2D eigenvalue weighted by Gasteiger charge is 2.55.